The van der Waals surface area contributed by atoms with Gasteiger partial charge < -0.3 is 10.4 Å². The molecule has 1 aromatic heterocycles. The molecular weight excluding hydrogens is 204 g/mol. The highest BCUT2D eigenvalue weighted by Crippen LogP contribution is 2.10. The van der Waals surface area contributed by atoms with Crippen LogP contribution in [-0.2, 0) is 13.1 Å². The molecule has 88 valence electrons. The third-order valence-corrected chi connectivity index (χ3v) is 2.21. The first kappa shape index (κ1) is 12.7. The summed E-state index contributed by atoms with van der Waals surface area (Å²) < 4.78 is 1.70. The lowest BCUT2D eigenvalue weighted by atomic mass is 9.96. The molecule has 0 atom stereocenters. The molecule has 0 aromatic carbocycles. The van der Waals surface area contributed by atoms with E-state index in [0.717, 1.165) is 5.56 Å². The Morgan fingerprint density at radius 3 is 3.00 bits per heavy atom. The van der Waals surface area contributed by atoms with Gasteiger partial charge in [-0.25, -0.2) is 0 Å². The third kappa shape index (κ3) is 4.01. The molecule has 0 amide bonds. The largest absolute Gasteiger partial charge is 0.394 e. The molecule has 0 aliphatic carbocycles. The maximum atomic E-state index is 8.83. The first-order valence-corrected chi connectivity index (χ1v) is 5.31. The van der Waals surface area contributed by atoms with Gasteiger partial charge in [0, 0.05) is 24.8 Å². The van der Waals surface area contributed by atoms with Crippen LogP contribution in [0.15, 0.2) is 12.4 Å². The molecule has 16 heavy (non-hydrogen) atoms. The summed E-state index contributed by atoms with van der Waals surface area (Å²) in [7, 11) is 0. The molecular formula is C11H18N4O. The van der Waals surface area contributed by atoms with Gasteiger partial charge in [-0.05, 0) is 13.8 Å². The highest BCUT2D eigenvalue weighted by atomic mass is 16.3. The van der Waals surface area contributed by atoms with Crippen LogP contribution >= 0.6 is 0 Å². The molecule has 0 unspecified atom stereocenters. The van der Waals surface area contributed by atoms with E-state index < -0.39 is 0 Å². The van der Waals surface area contributed by atoms with Crippen molar-refractivity contribution >= 4 is 0 Å². The number of hydrogen-bond acceptors (Lipinski definition) is 4. The SMILES string of the molecule is CC(C)(C#N)CNCc1cnn(CCO)c1. The Kier molecular flexibility index (Phi) is 4.47. The van der Waals surface area contributed by atoms with Crippen molar-refractivity contribution in [1.29, 1.82) is 5.26 Å². The van der Waals surface area contributed by atoms with E-state index in [1.54, 1.807) is 10.9 Å². The van der Waals surface area contributed by atoms with Crippen LogP contribution in [0.1, 0.15) is 19.4 Å². The number of nitrogens with zero attached hydrogens (tertiary/aromatic N) is 3. The van der Waals surface area contributed by atoms with E-state index in [9.17, 15) is 0 Å². The normalized spacial score (nSPS) is 11.4. The van der Waals surface area contributed by atoms with Crippen LogP contribution in [0.4, 0.5) is 0 Å². The summed E-state index contributed by atoms with van der Waals surface area (Å²) >= 11 is 0. The molecule has 0 fully saturated rings. The number of nitriles is 1. The van der Waals surface area contributed by atoms with Crippen LogP contribution in [0.5, 0.6) is 0 Å². The fourth-order valence-electron chi connectivity index (χ4n) is 1.28. The van der Waals surface area contributed by atoms with Gasteiger partial charge in [0.2, 0.25) is 0 Å². The van der Waals surface area contributed by atoms with Gasteiger partial charge in [-0.2, -0.15) is 10.4 Å². The number of rotatable bonds is 6. The average Bonchev–Trinajstić information content (AvgIpc) is 2.66. The van der Waals surface area contributed by atoms with Crippen molar-refractivity contribution in [1.82, 2.24) is 15.1 Å². The summed E-state index contributed by atoms with van der Waals surface area (Å²) in [6.07, 6.45) is 3.66. The Bertz CT molecular complexity index is 364. The Hall–Kier alpha value is -1.38. The molecule has 0 spiro atoms. The number of hydrogen-bond donors (Lipinski definition) is 2. The zero-order valence-electron chi connectivity index (χ0n) is 9.77. The summed E-state index contributed by atoms with van der Waals surface area (Å²) in [5.41, 5.74) is 0.711. The van der Waals surface area contributed by atoms with E-state index in [0.29, 0.717) is 19.6 Å². The second-order valence-corrected chi connectivity index (χ2v) is 4.43. The molecule has 0 aliphatic heterocycles. The number of aliphatic hydroxyl groups is 1. The molecule has 0 bridgehead atoms. The van der Waals surface area contributed by atoms with Gasteiger partial charge in [0.25, 0.3) is 0 Å². The minimum Gasteiger partial charge on any atom is -0.394 e. The average molecular weight is 222 g/mol. The minimum absolute atomic E-state index is 0.0933. The monoisotopic (exact) mass is 222 g/mol. The Balaban J connectivity index is 2.35. The van der Waals surface area contributed by atoms with Gasteiger partial charge in [0.15, 0.2) is 0 Å². The van der Waals surface area contributed by atoms with Gasteiger partial charge in [-0.3, -0.25) is 4.68 Å². The maximum absolute atomic E-state index is 8.83. The zero-order valence-corrected chi connectivity index (χ0v) is 9.77. The van der Waals surface area contributed by atoms with Crippen LogP contribution in [0, 0.1) is 16.7 Å². The molecule has 1 aromatic rings. The second-order valence-electron chi connectivity index (χ2n) is 4.43. The van der Waals surface area contributed by atoms with Crippen LogP contribution in [0.2, 0.25) is 0 Å². The van der Waals surface area contributed by atoms with Crippen molar-refractivity contribution in [2.75, 3.05) is 13.2 Å². The third-order valence-electron chi connectivity index (χ3n) is 2.21. The fourth-order valence-corrected chi connectivity index (χ4v) is 1.28. The van der Waals surface area contributed by atoms with Crippen molar-refractivity contribution in [3.8, 4) is 6.07 Å². The molecule has 2 N–H and O–H groups in total. The molecule has 1 rings (SSSR count). The molecule has 0 saturated heterocycles. The molecule has 5 heteroatoms. The Morgan fingerprint density at radius 2 is 2.38 bits per heavy atom. The van der Waals surface area contributed by atoms with Crippen LogP contribution in [0.3, 0.4) is 0 Å². The van der Waals surface area contributed by atoms with Gasteiger partial charge in [-0.15, -0.1) is 0 Å². The highest BCUT2D eigenvalue weighted by Gasteiger charge is 2.15. The highest BCUT2D eigenvalue weighted by molar-refractivity contribution is 5.04. The number of aromatic nitrogens is 2. The Morgan fingerprint density at radius 1 is 1.62 bits per heavy atom. The van der Waals surface area contributed by atoms with Gasteiger partial charge in [0.05, 0.1) is 30.8 Å². The first-order valence-electron chi connectivity index (χ1n) is 5.31. The second kappa shape index (κ2) is 5.64. The van der Waals surface area contributed by atoms with Crippen molar-refractivity contribution in [2.24, 2.45) is 5.41 Å². The topological polar surface area (TPSA) is 73.9 Å². The van der Waals surface area contributed by atoms with E-state index in [-0.39, 0.29) is 12.0 Å². The smallest absolute Gasteiger partial charge is 0.0697 e. The molecule has 1 heterocycles. The lowest BCUT2D eigenvalue weighted by Crippen LogP contribution is -2.27. The molecule has 0 saturated carbocycles. The van der Waals surface area contributed by atoms with Crippen molar-refractivity contribution in [3.63, 3.8) is 0 Å². The Labute approximate surface area is 95.7 Å². The quantitative estimate of drug-likeness (QED) is 0.735. The van der Waals surface area contributed by atoms with Crippen LogP contribution in [-0.4, -0.2) is 28.0 Å². The van der Waals surface area contributed by atoms with Crippen LogP contribution < -0.4 is 5.32 Å². The van der Waals surface area contributed by atoms with E-state index >= 15 is 0 Å². The lowest BCUT2D eigenvalue weighted by Gasteiger charge is -2.15. The van der Waals surface area contributed by atoms with E-state index in [4.69, 9.17) is 10.4 Å². The summed E-state index contributed by atoms with van der Waals surface area (Å²) in [6, 6.07) is 2.24. The molecule has 0 radical (unpaired) electrons. The van der Waals surface area contributed by atoms with Crippen molar-refractivity contribution < 1.29 is 5.11 Å². The molecule has 0 aliphatic rings. The van der Waals surface area contributed by atoms with Gasteiger partial charge >= 0.3 is 0 Å². The van der Waals surface area contributed by atoms with E-state index in [1.165, 1.54) is 0 Å². The fraction of sp³-hybridized carbons (Fsp3) is 0.636. The zero-order chi connectivity index (χ0) is 12.0. The summed E-state index contributed by atoms with van der Waals surface area (Å²) in [4.78, 5) is 0. The number of aliphatic hydroxyl groups excluding tert-OH is 1. The lowest BCUT2D eigenvalue weighted by molar-refractivity contribution is 0.269. The first-order chi connectivity index (χ1) is 7.57. The summed E-state index contributed by atoms with van der Waals surface area (Å²) in [5, 5.41) is 24.9. The standard InChI is InChI=1S/C11H18N4O/c1-11(2,8-12)9-13-5-10-6-14-15(7-10)3-4-16/h6-7,13,16H,3-5,9H2,1-2H3. The maximum Gasteiger partial charge on any atom is 0.0697 e. The van der Waals surface area contributed by atoms with Gasteiger partial charge in [-0.1, -0.05) is 0 Å². The van der Waals surface area contributed by atoms with Crippen LogP contribution in [0.25, 0.3) is 0 Å². The minimum atomic E-state index is -0.346. The molecule has 5 nitrogen and oxygen atoms in total. The van der Waals surface area contributed by atoms with Gasteiger partial charge in [0.1, 0.15) is 0 Å². The van der Waals surface area contributed by atoms with E-state index in [2.05, 4.69) is 16.5 Å². The van der Waals surface area contributed by atoms with Crippen molar-refractivity contribution in [3.05, 3.63) is 18.0 Å². The number of nitrogens with one attached hydrogen (secondary N) is 1. The summed E-state index contributed by atoms with van der Waals surface area (Å²) in [6.45, 7) is 5.75. The van der Waals surface area contributed by atoms with Crippen molar-refractivity contribution in [2.45, 2.75) is 26.9 Å². The predicted octanol–water partition coefficient (Wildman–Crippen LogP) is 0.515. The predicted molar refractivity (Wildman–Crippen MR) is 60.4 cm³/mol. The summed E-state index contributed by atoms with van der Waals surface area (Å²) in [5.74, 6) is 0. The van der Waals surface area contributed by atoms with E-state index in [1.807, 2.05) is 20.0 Å².